The summed E-state index contributed by atoms with van der Waals surface area (Å²) < 4.78 is 1.03. The Labute approximate surface area is 129 Å². The molecule has 2 unspecified atom stereocenters. The van der Waals surface area contributed by atoms with Gasteiger partial charge < -0.3 is 10.6 Å². The SMILES string of the molecule is CC1CCCC(N)(C(=O)N(C)Cc2cccc(Br)c2)C1. The lowest BCUT2D eigenvalue weighted by atomic mass is 9.76. The van der Waals surface area contributed by atoms with Crippen molar-refractivity contribution in [1.29, 1.82) is 0 Å². The molecule has 110 valence electrons. The van der Waals surface area contributed by atoms with Gasteiger partial charge in [0.25, 0.3) is 0 Å². The van der Waals surface area contributed by atoms with Crippen LogP contribution in [0.3, 0.4) is 0 Å². The first-order valence-electron chi connectivity index (χ1n) is 7.19. The van der Waals surface area contributed by atoms with E-state index >= 15 is 0 Å². The molecule has 3 nitrogen and oxygen atoms in total. The summed E-state index contributed by atoms with van der Waals surface area (Å²) in [6, 6.07) is 8.04. The van der Waals surface area contributed by atoms with Crippen molar-refractivity contribution in [1.82, 2.24) is 4.90 Å². The predicted molar refractivity (Wildman–Crippen MR) is 85.2 cm³/mol. The molecule has 1 fully saturated rings. The van der Waals surface area contributed by atoms with Gasteiger partial charge in [-0.05, 0) is 36.5 Å². The molecule has 0 bridgehead atoms. The Morgan fingerprint density at radius 3 is 2.95 bits per heavy atom. The first-order chi connectivity index (χ1) is 9.40. The van der Waals surface area contributed by atoms with Crippen LogP contribution in [0, 0.1) is 5.92 Å². The Balaban J connectivity index is 2.04. The van der Waals surface area contributed by atoms with E-state index in [9.17, 15) is 4.79 Å². The molecule has 2 N–H and O–H groups in total. The Bertz CT molecular complexity index is 491. The third kappa shape index (κ3) is 3.61. The third-order valence-electron chi connectivity index (χ3n) is 4.11. The van der Waals surface area contributed by atoms with Gasteiger partial charge in [-0.3, -0.25) is 4.79 Å². The van der Waals surface area contributed by atoms with Crippen molar-refractivity contribution in [2.45, 2.75) is 44.7 Å². The first kappa shape index (κ1) is 15.5. The highest BCUT2D eigenvalue weighted by atomic mass is 79.9. The number of rotatable bonds is 3. The zero-order valence-corrected chi connectivity index (χ0v) is 13.8. The number of likely N-dealkylation sites (N-methyl/N-ethyl adjacent to an activating group) is 1. The van der Waals surface area contributed by atoms with Crippen molar-refractivity contribution in [2.75, 3.05) is 7.05 Å². The maximum absolute atomic E-state index is 12.6. The Hall–Kier alpha value is -0.870. The molecule has 0 radical (unpaired) electrons. The maximum Gasteiger partial charge on any atom is 0.242 e. The van der Waals surface area contributed by atoms with Gasteiger partial charge >= 0.3 is 0 Å². The molecule has 0 aliphatic heterocycles. The minimum atomic E-state index is -0.668. The van der Waals surface area contributed by atoms with Crippen molar-refractivity contribution >= 4 is 21.8 Å². The van der Waals surface area contributed by atoms with E-state index in [0.717, 1.165) is 29.3 Å². The van der Waals surface area contributed by atoms with Crippen LogP contribution in [0.5, 0.6) is 0 Å². The molecule has 1 aromatic rings. The number of amides is 1. The molecular weight excluding hydrogens is 316 g/mol. The van der Waals surface area contributed by atoms with Gasteiger partial charge in [0.05, 0.1) is 5.54 Å². The fourth-order valence-corrected chi connectivity index (χ4v) is 3.59. The zero-order valence-electron chi connectivity index (χ0n) is 12.2. The van der Waals surface area contributed by atoms with E-state index in [1.165, 1.54) is 6.42 Å². The molecule has 1 aliphatic carbocycles. The summed E-state index contributed by atoms with van der Waals surface area (Å²) in [5.74, 6) is 0.612. The minimum absolute atomic E-state index is 0.0732. The van der Waals surface area contributed by atoms with Crippen LogP contribution in [0.15, 0.2) is 28.7 Å². The van der Waals surface area contributed by atoms with Crippen molar-refractivity contribution < 1.29 is 4.79 Å². The molecular formula is C16H23BrN2O. The Morgan fingerprint density at radius 1 is 1.55 bits per heavy atom. The van der Waals surface area contributed by atoms with Crippen LogP contribution >= 0.6 is 15.9 Å². The summed E-state index contributed by atoms with van der Waals surface area (Å²) in [5.41, 5.74) is 6.82. The number of hydrogen-bond acceptors (Lipinski definition) is 2. The van der Waals surface area contributed by atoms with Crippen LogP contribution in [0.4, 0.5) is 0 Å². The molecule has 1 amide bonds. The summed E-state index contributed by atoms with van der Waals surface area (Å²) in [6.45, 7) is 2.79. The number of hydrogen-bond donors (Lipinski definition) is 1. The Kier molecular flexibility index (Phi) is 4.86. The monoisotopic (exact) mass is 338 g/mol. The van der Waals surface area contributed by atoms with Gasteiger partial charge in [0.15, 0.2) is 0 Å². The molecule has 1 aromatic carbocycles. The number of nitrogens with two attached hydrogens (primary N) is 1. The molecule has 0 aromatic heterocycles. The normalized spacial score (nSPS) is 26.3. The maximum atomic E-state index is 12.6. The highest BCUT2D eigenvalue weighted by molar-refractivity contribution is 9.10. The molecule has 20 heavy (non-hydrogen) atoms. The molecule has 0 heterocycles. The highest BCUT2D eigenvalue weighted by Gasteiger charge is 2.39. The second-order valence-corrected chi connectivity index (χ2v) is 7.06. The quantitative estimate of drug-likeness (QED) is 0.918. The van der Waals surface area contributed by atoms with Gasteiger partial charge in [-0.1, -0.05) is 47.8 Å². The fourth-order valence-electron chi connectivity index (χ4n) is 3.15. The predicted octanol–water partition coefficient (Wildman–Crippen LogP) is 3.32. The van der Waals surface area contributed by atoms with Crippen LogP contribution in [0.1, 0.15) is 38.2 Å². The fraction of sp³-hybridized carbons (Fsp3) is 0.562. The van der Waals surface area contributed by atoms with Crippen molar-refractivity contribution in [2.24, 2.45) is 11.7 Å². The van der Waals surface area contributed by atoms with Crippen LogP contribution in [-0.2, 0) is 11.3 Å². The summed E-state index contributed by atoms with van der Waals surface area (Å²) in [4.78, 5) is 14.4. The first-order valence-corrected chi connectivity index (χ1v) is 7.99. The topological polar surface area (TPSA) is 46.3 Å². The van der Waals surface area contributed by atoms with E-state index in [0.29, 0.717) is 12.5 Å². The van der Waals surface area contributed by atoms with Gasteiger partial charge in [0, 0.05) is 18.1 Å². The number of carbonyl (C=O) groups excluding carboxylic acids is 1. The Morgan fingerprint density at radius 2 is 2.30 bits per heavy atom. The number of carbonyl (C=O) groups is 1. The molecule has 2 atom stereocenters. The summed E-state index contributed by atoms with van der Waals surface area (Å²) in [5, 5.41) is 0. The summed E-state index contributed by atoms with van der Waals surface area (Å²) in [6.07, 6.45) is 3.84. The average molecular weight is 339 g/mol. The van der Waals surface area contributed by atoms with Gasteiger partial charge in [0.2, 0.25) is 5.91 Å². The number of benzene rings is 1. The van der Waals surface area contributed by atoms with Crippen LogP contribution in [-0.4, -0.2) is 23.4 Å². The van der Waals surface area contributed by atoms with E-state index in [-0.39, 0.29) is 5.91 Å². The largest absolute Gasteiger partial charge is 0.340 e. The van der Waals surface area contributed by atoms with Crippen LogP contribution in [0.2, 0.25) is 0 Å². The smallest absolute Gasteiger partial charge is 0.242 e. The summed E-state index contributed by atoms with van der Waals surface area (Å²) in [7, 11) is 1.84. The zero-order chi connectivity index (χ0) is 14.8. The number of nitrogens with zero attached hydrogens (tertiary/aromatic N) is 1. The standard InChI is InChI=1S/C16H23BrN2O/c1-12-5-4-8-16(18,10-12)15(20)19(2)11-13-6-3-7-14(17)9-13/h3,6-7,9,12H,4-5,8,10-11,18H2,1-2H3. The minimum Gasteiger partial charge on any atom is -0.340 e. The lowest BCUT2D eigenvalue weighted by Crippen LogP contribution is -2.56. The molecule has 4 heteroatoms. The second-order valence-electron chi connectivity index (χ2n) is 6.15. The average Bonchev–Trinajstić information content (AvgIpc) is 2.37. The highest BCUT2D eigenvalue weighted by Crippen LogP contribution is 2.31. The molecule has 0 spiro atoms. The van der Waals surface area contributed by atoms with E-state index in [1.54, 1.807) is 4.90 Å². The van der Waals surface area contributed by atoms with Gasteiger partial charge in [-0.2, -0.15) is 0 Å². The second kappa shape index (κ2) is 6.27. The number of halogens is 1. The van der Waals surface area contributed by atoms with Crippen molar-refractivity contribution in [3.8, 4) is 0 Å². The summed E-state index contributed by atoms with van der Waals surface area (Å²) >= 11 is 3.46. The lowest BCUT2D eigenvalue weighted by molar-refractivity contribution is -0.138. The third-order valence-corrected chi connectivity index (χ3v) is 4.61. The molecule has 0 saturated heterocycles. The van der Waals surface area contributed by atoms with Crippen LogP contribution < -0.4 is 5.73 Å². The van der Waals surface area contributed by atoms with Gasteiger partial charge in [-0.25, -0.2) is 0 Å². The van der Waals surface area contributed by atoms with E-state index in [4.69, 9.17) is 5.73 Å². The van der Waals surface area contributed by atoms with Crippen molar-refractivity contribution in [3.05, 3.63) is 34.3 Å². The van der Waals surface area contributed by atoms with Gasteiger partial charge in [0.1, 0.15) is 0 Å². The van der Waals surface area contributed by atoms with Crippen LogP contribution in [0.25, 0.3) is 0 Å². The van der Waals surface area contributed by atoms with Crippen molar-refractivity contribution in [3.63, 3.8) is 0 Å². The van der Waals surface area contributed by atoms with E-state index in [2.05, 4.69) is 22.9 Å². The van der Waals surface area contributed by atoms with Gasteiger partial charge in [-0.15, -0.1) is 0 Å². The molecule has 1 saturated carbocycles. The van der Waals surface area contributed by atoms with E-state index < -0.39 is 5.54 Å². The lowest BCUT2D eigenvalue weighted by Gasteiger charge is -2.38. The van der Waals surface area contributed by atoms with E-state index in [1.807, 2.05) is 31.3 Å². The molecule has 2 rings (SSSR count). The molecule has 1 aliphatic rings.